The average Bonchev–Trinajstić information content (AvgIpc) is 3.33. The number of nitro groups is 1. The third kappa shape index (κ3) is 4.30. The zero-order chi connectivity index (χ0) is 22.8. The van der Waals surface area contributed by atoms with Crippen LogP contribution in [0.3, 0.4) is 0 Å². The van der Waals surface area contributed by atoms with Crippen LogP contribution in [0.4, 0.5) is 5.69 Å². The van der Waals surface area contributed by atoms with E-state index in [0.717, 1.165) is 10.8 Å². The zero-order valence-corrected chi connectivity index (χ0v) is 18.3. The lowest BCUT2D eigenvalue weighted by Crippen LogP contribution is -2.19. The van der Waals surface area contributed by atoms with Crippen LogP contribution >= 0.6 is 22.9 Å². The number of hydrogen-bond acceptors (Lipinski definition) is 8. The zero-order valence-electron chi connectivity index (χ0n) is 16.7. The molecule has 0 spiro atoms. The van der Waals surface area contributed by atoms with E-state index >= 15 is 0 Å². The van der Waals surface area contributed by atoms with Gasteiger partial charge < -0.3 is 18.8 Å². The third-order valence-electron chi connectivity index (χ3n) is 4.60. The van der Waals surface area contributed by atoms with E-state index in [1.54, 1.807) is 23.6 Å². The van der Waals surface area contributed by atoms with Gasteiger partial charge in [0.05, 0.1) is 28.2 Å². The second-order valence-electron chi connectivity index (χ2n) is 6.60. The van der Waals surface area contributed by atoms with Gasteiger partial charge in [0.25, 0.3) is 11.6 Å². The van der Waals surface area contributed by atoms with Gasteiger partial charge in [-0.2, -0.15) is 4.99 Å². The van der Waals surface area contributed by atoms with E-state index in [0.29, 0.717) is 17.0 Å². The highest BCUT2D eigenvalue weighted by molar-refractivity contribution is 7.16. The molecule has 0 radical (unpaired) electrons. The van der Waals surface area contributed by atoms with E-state index in [4.69, 9.17) is 25.8 Å². The molecule has 0 N–H and O–H groups in total. The molecule has 0 atom stereocenters. The molecule has 1 aliphatic rings. The van der Waals surface area contributed by atoms with Crippen molar-refractivity contribution in [3.63, 3.8) is 0 Å². The van der Waals surface area contributed by atoms with Crippen LogP contribution in [0.2, 0.25) is 5.02 Å². The van der Waals surface area contributed by atoms with Crippen LogP contribution in [-0.4, -0.2) is 34.8 Å². The molecule has 32 heavy (non-hydrogen) atoms. The first kappa shape index (κ1) is 21.8. The number of rotatable bonds is 6. The average molecular weight is 478 g/mol. The number of hydrogen-bond donors (Lipinski definition) is 0. The van der Waals surface area contributed by atoms with Crippen molar-refractivity contribution >= 4 is 50.7 Å². The summed E-state index contributed by atoms with van der Waals surface area (Å²) in [5.74, 6) is -0.137. The number of carbonyl (C=O) groups is 2. The van der Waals surface area contributed by atoms with Gasteiger partial charge in [-0.25, -0.2) is 0 Å². The summed E-state index contributed by atoms with van der Waals surface area (Å²) in [6.07, 6.45) is 0.0484. The van der Waals surface area contributed by atoms with Crippen molar-refractivity contribution in [2.45, 2.75) is 19.9 Å². The van der Waals surface area contributed by atoms with E-state index in [2.05, 4.69) is 4.99 Å². The van der Waals surface area contributed by atoms with Crippen molar-refractivity contribution in [1.29, 1.82) is 0 Å². The normalized spacial score (nSPS) is 12.9. The summed E-state index contributed by atoms with van der Waals surface area (Å²) in [4.78, 5) is 39.8. The van der Waals surface area contributed by atoms with Crippen LogP contribution in [0.25, 0.3) is 10.2 Å². The lowest BCUT2D eigenvalue weighted by Gasteiger charge is -2.06. The molecule has 12 heteroatoms. The van der Waals surface area contributed by atoms with Gasteiger partial charge in [-0.05, 0) is 19.1 Å². The minimum atomic E-state index is -0.823. The van der Waals surface area contributed by atoms with Crippen LogP contribution in [0.15, 0.2) is 35.3 Å². The first-order chi connectivity index (χ1) is 15.4. The first-order valence-corrected chi connectivity index (χ1v) is 10.7. The Kier molecular flexibility index (Phi) is 6.10. The van der Waals surface area contributed by atoms with Crippen molar-refractivity contribution in [3.8, 4) is 11.5 Å². The number of esters is 1. The summed E-state index contributed by atoms with van der Waals surface area (Å²) in [5.41, 5.74) is 0.0462. The smallest absolute Gasteiger partial charge is 0.307 e. The number of aromatic nitrogens is 1. The predicted octanol–water partition coefficient (Wildman–Crippen LogP) is 3.69. The van der Waals surface area contributed by atoms with Crippen LogP contribution in [0, 0.1) is 10.1 Å². The van der Waals surface area contributed by atoms with Gasteiger partial charge in [0.15, 0.2) is 16.3 Å². The van der Waals surface area contributed by atoms with Gasteiger partial charge in [-0.1, -0.05) is 22.9 Å². The molecule has 4 rings (SSSR count). The molecule has 1 amide bonds. The largest absolute Gasteiger partial charge is 0.466 e. The Labute approximate surface area is 189 Å². The predicted molar refractivity (Wildman–Crippen MR) is 115 cm³/mol. The van der Waals surface area contributed by atoms with Crippen molar-refractivity contribution in [1.82, 2.24) is 4.57 Å². The fourth-order valence-electron chi connectivity index (χ4n) is 3.18. The van der Waals surface area contributed by atoms with Crippen molar-refractivity contribution in [2.75, 3.05) is 13.4 Å². The molecule has 3 aromatic rings. The van der Waals surface area contributed by atoms with Crippen molar-refractivity contribution in [3.05, 3.63) is 55.8 Å². The van der Waals surface area contributed by atoms with E-state index in [1.165, 1.54) is 23.5 Å². The van der Waals surface area contributed by atoms with Gasteiger partial charge >= 0.3 is 5.97 Å². The highest BCUT2D eigenvalue weighted by Crippen LogP contribution is 2.37. The van der Waals surface area contributed by atoms with Crippen LogP contribution in [0.1, 0.15) is 23.7 Å². The summed E-state index contributed by atoms with van der Waals surface area (Å²) in [7, 11) is 0. The molecule has 1 aliphatic heterocycles. The molecule has 0 unspecified atom stereocenters. The molecule has 0 fully saturated rings. The van der Waals surface area contributed by atoms with Crippen LogP contribution in [-0.2, 0) is 16.1 Å². The molecule has 2 aromatic carbocycles. The Hall–Kier alpha value is -3.44. The maximum Gasteiger partial charge on any atom is 0.307 e. The number of fused-ring (bicyclic) bond motifs is 2. The van der Waals surface area contributed by atoms with E-state index in [-0.39, 0.29) is 41.8 Å². The molecule has 10 nitrogen and oxygen atoms in total. The van der Waals surface area contributed by atoms with Crippen molar-refractivity contribution in [2.24, 2.45) is 4.99 Å². The molecular formula is C20H16ClN3O7S. The number of halogens is 1. The summed E-state index contributed by atoms with van der Waals surface area (Å²) in [5, 5.41) is 11.5. The second kappa shape index (κ2) is 8.97. The van der Waals surface area contributed by atoms with Gasteiger partial charge in [0.2, 0.25) is 6.79 Å². The Morgan fingerprint density at radius 3 is 2.75 bits per heavy atom. The number of aryl methyl sites for hydroxylation is 1. The summed E-state index contributed by atoms with van der Waals surface area (Å²) in [6, 6.07) is 7.19. The molecule has 0 saturated heterocycles. The molecule has 0 aliphatic carbocycles. The Morgan fingerprint density at radius 1 is 1.28 bits per heavy atom. The number of nitro benzene ring substituents is 1. The number of benzene rings is 2. The van der Waals surface area contributed by atoms with Gasteiger partial charge in [0.1, 0.15) is 5.56 Å². The number of amides is 1. The van der Waals surface area contributed by atoms with E-state index in [9.17, 15) is 19.7 Å². The Bertz CT molecular complexity index is 1310. The standard InChI is InChI=1S/C20H16ClN3O7S/c1-2-29-18(25)5-6-23-14-8-15-16(31-10-30-15)9-17(14)32-20(23)22-19(26)12-7-11(21)3-4-13(12)24(27)28/h3-4,7-9H,2,5-6,10H2,1H3. The lowest BCUT2D eigenvalue weighted by molar-refractivity contribution is -0.385. The van der Waals surface area contributed by atoms with E-state index < -0.39 is 22.5 Å². The minimum Gasteiger partial charge on any atom is -0.466 e. The third-order valence-corrected chi connectivity index (χ3v) is 5.88. The lowest BCUT2D eigenvalue weighted by atomic mass is 10.2. The quantitative estimate of drug-likeness (QED) is 0.301. The van der Waals surface area contributed by atoms with Gasteiger partial charge in [-0.15, -0.1) is 0 Å². The number of nitrogens with zero attached hydrogens (tertiary/aromatic N) is 3. The molecule has 0 saturated carbocycles. The molecule has 166 valence electrons. The fraction of sp³-hybridized carbons (Fsp3) is 0.250. The maximum atomic E-state index is 12.9. The topological polar surface area (TPSA) is 122 Å². The molecule has 2 heterocycles. The molecule has 0 bridgehead atoms. The maximum absolute atomic E-state index is 12.9. The van der Waals surface area contributed by atoms with E-state index in [1.807, 2.05) is 0 Å². The first-order valence-electron chi connectivity index (χ1n) is 9.49. The fourth-order valence-corrected chi connectivity index (χ4v) is 4.42. The number of thiazole rings is 1. The Balaban J connectivity index is 1.82. The molecular weight excluding hydrogens is 462 g/mol. The van der Waals surface area contributed by atoms with Crippen LogP contribution < -0.4 is 14.3 Å². The van der Waals surface area contributed by atoms with Crippen molar-refractivity contribution < 1.29 is 28.7 Å². The highest BCUT2D eigenvalue weighted by atomic mass is 35.5. The van der Waals surface area contributed by atoms with Gasteiger partial charge in [-0.3, -0.25) is 19.7 Å². The number of carbonyl (C=O) groups excluding carboxylic acids is 2. The number of ether oxygens (including phenoxy) is 3. The summed E-state index contributed by atoms with van der Waals surface area (Å²) < 4.78 is 18.2. The Morgan fingerprint density at radius 2 is 2.03 bits per heavy atom. The monoisotopic (exact) mass is 477 g/mol. The van der Waals surface area contributed by atoms with Gasteiger partial charge in [0, 0.05) is 29.8 Å². The minimum absolute atomic E-state index is 0.0484. The highest BCUT2D eigenvalue weighted by Gasteiger charge is 2.22. The molecule has 1 aromatic heterocycles. The SMILES string of the molecule is CCOC(=O)CCn1c(=NC(=O)c2cc(Cl)ccc2[N+](=O)[O-])sc2cc3c(cc21)OCO3. The summed E-state index contributed by atoms with van der Waals surface area (Å²) >= 11 is 7.12. The second-order valence-corrected chi connectivity index (χ2v) is 8.05. The van der Waals surface area contributed by atoms with Crippen LogP contribution in [0.5, 0.6) is 11.5 Å². The summed E-state index contributed by atoms with van der Waals surface area (Å²) in [6.45, 7) is 2.25.